The average molecular weight is 323 g/mol. The molecule has 0 aliphatic carbocycles. The first-order valence-corrected chi connectivity index (χ1v) is 6.55. The molecule has 0 radical (unpaired) electrons. The molecule has 1 aromatic carbocycles. The molecule has 2 N–H and O–H groups in total. The first-order chi connectivity index (χ1) is 10.8. The molecule has 3 aromatic rings. The van der Waals surface area contributed by atoms with Crippen molar-refractivity contribution in [3.63, 3.8) is 0 Å². The third-order valence-corrected chi connectivity index (χ3v) is 3.34. The largest absolute Gasteiger partial charge is 0.497 e. The van der Waals surface area contributed by atoms with Crippen LogP contribution in [0.3, 0.4) is 0 Å². The van der Waals surface area contributed by atoms with E-state index in [-0.39, 0.29) is 11.6 Å². The molecule has 0 fully saturated rings. The smallest absolute Gasteiger partial charge is 0.453 e. The Hall–Kier alpha value is -2.84. The molecular formula is C14H12F3N5O. The van der Waals surface area contributed by atoms with Crippen LogP contribution in [0.1, 0.15) is 11.5 Å². The van der Waals surface area contributed by atoms with Crippen molar-refractivity contribution in [1.82, 2.24) is 19.6 Å². The van der Waals surface area contributed by atoms with Gasteiger partial charge < -0.3 is 10.5 Å². The normalized spacial score (nSPS) is 11.9. The van der Waals surface area contributed by atoms with E-state index in [4.69, 9.17) is 10.5 Å². The Bertz CT molecular complexity index is 871. The van der Waals surface area contributed by atoms with Gasteiger partial charge in [-0.1, -0.05) is 12.1 Å². The van der Waals surface area contributed by atoms with Crippen LogP contribution >= 0.6 is 0 Å². The summed E-state index contributed by atoms with van der Waals surface area (Å²) in [6, 6.07) is 6.93. The first kappa shape index (κ1) is 15.1. The Morgan fingerprint density at radius 2 is 1.78 bits per heavy atom. The molecule has 0 bridgehead atoms. The minimum absolute atomic E-state index is 0.0423. The zero-order valence-corrected chi connectivity index (χ0v) is 12.2. The Labute approximate surface area is 128 Å². The standard InChI is InChI=1S/C14H12F3N5O/c1-7-10(8-3-5-9(23-2)6-4-8)11(18)22-13(19-7)20-12(21-22)14(15,16)17/h3-6H,18H2,1-2H3. The van der Waals surface area contributed by atoms with E-state index >= 15 is 0 Å². The summed E-state index contributed by atoms with van der Waals surface area (Å²) in [5, 5.41) is 3.41. The van der Waals surface area contributed by atoms with Crippen LogP contribution in [-0.2, 0) is 6.18 Å². The maximum absolute atomic E-state index is 12.7. The van der Waals surface area contributed by atoms with Crippen molar-refractivity contribution in [2.45, 2.75) is 13.1 Å². The topological polar surface area (TPSA) is 78.3 Å². The third kappa shape index (κ3) is 2.54. The predicted molar refractivity (Wildman–Crippen MR) is 76.9 cm³/mol. The van der Waals surface area contributed by atoms with Gasteiger partial charge in [0.15, 0.2) is 0 Å². The summed E-state index contributed by atoms with van der Waals surface area (Å²) in [4.78, 5) is 7.45. The van der Waals surface area contributed by atoms with Gasteiger partial charge in [0.25, 0.3) is 11.6 Å². The van der Waals surface area contributed by atoms with E-state index in [0.29, 0.717) is 22.6 Å². The molecule has 0 amide bonds. The van der Waals surface area contributed by atoms with Crippen LogP contribution in [0, 0.1) is 6.92 Å². The number of anilines is 1. The number of nitrogens with two attached hydrogens (primary N) is 1. The van der Waals surface area contributed by atoms with Gasteiger partial charge in [0.05, 0.1) is 12.8 Å². The fourth-order valence-electron chi connectivity index (χ4n) is 2.27. The lowest BCUT2D eigenvalue weighted by Crippen LogP contribution is -2.09. The third-order valence-electron chi connectivity index (χ3n) is 3.34. The monoisotopic (exact) mass is 323 g/mol. The Morgan fingerprint density at radius 3 is 2.35 bits per heavy atom. The fraction of sp³-hybridized carbons (Fsp3) is 0.214. The summed E-state index contributed by atoms with van der Waals surface area (Å²) in [6.45, 7) is 1.65. The predicted octanol–water partition coefficient (Wildman–Crippen LogP) is 2.71. The number of nitrogen functional groups attached to an aromatic ring is 1. The zero-order valence-electron chi connectivity index (χ0n) is 12.2. The molecule has 9 heteroatoms. The van der Waals surface area contributed by atoms with Crippen LogP contribution in [0.4, 0.5) is 19.0 Å². The molecule has 23 heavy (non-hydrogen) atoms. The molecule has 0 saturated heterocycles. The summed E-state index contributed by atoms with van der Waals surface area (Å²) >= 11 is 0. The van der Waals surface area contributed by atoms with Crippen LogP contribution in [0.25, 0.3) is 16.9 Å². The number of fused-ring (bicyclic) bond motifs is 1. The van der Waals surface area contributed by atoms with E-state index in [1.807, 2.05) is 0 Å². The molecule has 0 saturated carbocycles. The second kappa shape index (κ2) is 5.11. The molecular weight excluding hydrogens is 311 g/mol. The fourth-order valence-corrected chi connectivity index (χ4v) is 2.27. The zero-order chi connectivity index (χ0) is 16.8. The van der Waals surface area contributed by atoms with Crippen LogP contribution in [0.5, 0.6) is 5.75 Å². The molecule has 2 aromatic heterocycles. The van der Waals surface area contributed by atoms with E-state index in [1.54, 1.807) is 31.2 Å². The molecule has 2 heterocycles. The number of ether oxygens (including phenoxy) is 1. The van der Waals surface area contributed by atoms with Gasteiger partial charge in [-0.2, -0.15) is 22.7 Å². The number of aromatic nitrogens is 4. The second-order valence-corrected chi connectivity index (χ2v) is 4.83. The highest BCUT2D eigenvalue weighted by Crippen LogP contribution is 2.32. The number of rotatable bonds is 2. The molecule has 0 aliphatic rings. The lowest BCUT2D eigenvalue weighted by Gasteiger charge is -2.10. The van der Waals surface area contributed by atoms with Gasteiger partial charge in [0.2, 0.25) is 0 Å². The number of hydrogen-bond donors (Lipinski definition) is 1. The van der Waals surface area contributed by atoms with Crippen LogP contribution < -0.4 is 10.5 Å². The molecule has 0 atom stereocenters. The summed E-state index contributed by atoms with van der Waals surface area (Å²) in [5.74, 6) is -0.771. The van der Waals surface area contributed by atoms with Gasteiger partial charge >= 0.3 is 6.18 Å². The quantitative estimate of drug-likeness (QED) is 0.784. The number of hydrogen-bond acceptors (Lipinski definition) is 5. The Balaban J connectivity index is 2.20. The van der Waals surface area contributed by atoms with Gasteiger partial charge in [-0.15, -0.1) is 5.10 Å². The van der Waals surface area contributed by atoms with Crippen molar-refractivity contribution in [2.75, 3.05) is 12.8 Å². The van der Waals surface area contributed by atoms with Gasteiger partial charge in [-0.25, -0.2) is 4.98 Å². The van der Waals surface area contributed by atoms with E-state index < -0.39 is 12.0 Å². The summed E-state index contributed by atoms with van der Waals surface area (Å²) < 4.78 is 44.2. The highest BCUT2D eigenvalue weighted by molar-refractivity contribution is 5.77. The van der Waals surface area contributed by atoms with Crippen molar-refractivity contribution in [2.24, 2.45) is 0 Å². The molecule has 0 spiro atoms. The number of methoxy groups -OCH3 is 1. The molecule has 0 aliphatic heterocycles. The Kier molecular flexibility index (Phi) is 3.35. The van der Waals surface area contributed by atoms with Crippen LogP contribution in [-0.4, -0.2) is 26.7 Å². The highest BCUT2D eigenvalue weighted by Gasteiger charge is 2.37. The van der Waals surface area contributed by atoms with Crippen molar-refractivity contribution >= 4 is 11.6 Å². The second-order valence-electron chi connectivity index (χ2n) is 4.83. The van der Waals surface area contributed by atoms with E-state index in [1.165, 1.54) is 7.11 Å². The lowest BCUT2D eigenvalue weighted by molar-refractivity contribution is -0.144. The van der Waals surface area contributed by atoms with Crippen molar-refractivity contribution in [3.8, 4) is 16.9 Å². The van der Waals surface area contributed by atoms with Crippen molar-refractivity contribution in [3.05, 3.63) is 35.8 Å². The van der Waals surface area contributed by atoms with Gasteiger partial charge in [-0.05, 0) is 24.6 Å². The first-order valence-electron chi connectivity index (χ1n) is 6.55. The number of alkyl halides is 3. The minimum atomic E-state index is -4.66. The van der Waals surface area contributed by atoms with Crippen LogP contribution in [0.15, 0.2) is 24.3 Å². The number of nitrogens with zero attached hydrogens (tertiary/aromatic N) is 4. The maximum Gasteiger partial charge on any atom is 0.453 e. The average Bonchev–Trinajstić information content (AvgIpc) is 2.92. The summed E-state index contributed by atoms with van der Waals surface area (Å²) in [5.41, 5.74) is 7.65. The van der Waals surface area contributed by atoms with Gasteiger partial charge in [0, 0.05) is 5.56 Å². The van der Waals surface area contributed by atoms with Crippen molar-refractivity contribution in [1.29, 1.82) is 0 Å². The number of aryl methyl sites for hydroxylation is 1. The Morgan fingerprint density at radius 1 is 1.13 bits per heavy atom. The molecule has 0 unspecified atom stereocenters. The maximum atomic E-state index is 12.7. The molecule has 3 rings (SSSR count). The molecule has 6 nitrogen and oxygen atoms in total. The molecule has 120 valence electrons. The van der Waals surface area contributed by atoms with Crippen LogP contribution in [0.2, 0.25) is 0 Å². The van der Waals surface area contributed by atoms with E-state index in [9.17, 15) is 13.2 Å². The van der Waals surface area contributed by atoms with Gasteiger partial charge in [0.1, 0.15) is 11.6 Å². The summed E-state index contributed by atoms with van der Waals surface area (Å²) in [6.07, 6.45) is -4.66. The van der Waals surface area contributed by atoms with Crippen molar-refractivity contribution < 1.29 is 17.9 Å². The van der Waals surface area contributed by atoms with E-state index in [2.05, 4.69) is 15.1 Å². The number of halogens is 3. The lowest BCUT2D eigenvalue weighted by atomic mass is 10.0. The van der Waals surface area contributed by atoms with Gasteiger partial charge in [-0.3, -0.25) is 0 Å². The van der Waals surface area contributed by atoms with E-state index in [0.717, 1.165) is 4.52 Å². The number of benzene rings is 1. The summed E-state index contributed by atoms with van der Waals surface area (Å²) in [7, 11) is 1.54. The highest BCUT2D eigenvalue weighted by atomic mass is 19.4. The minimum Gasteiger partial charge on any atom is -0.497 e. The SMILES string of the molecule is COc1ccc(-c2c(C)nc3nc(C(F)(F)F)nn3c2N)cc1.